The number of rotatable bonds is 7. The summed E-state index contributed by atoms with van der Waals surface area (Å²) in [4.78, 5) is 25.6. The molecule has 0 spiro atoms. The van der Waals surface area contributed by atoms with Crippen LogP contribution in [0.2, 0.25) is 0 Å². The van der Waals surface area contributed by atoms with E-state index in [1.165, 1.54) is 6.07 Å². The Balaban J connectivity index is 2.27. The topological polar surface area (TPSA) is 143 Å². The number of hydrogen-bond acceptors (Lipinski definition) is 7. The van der Waals surface area contributed by atoms with Crippen molar-refractivity contribution in [2.45, 2.75) is 24.4 Å². The fraction of sp³-hybridized carbons (Fsp3) is 0.294. The third-order valence-electron chi connectivity index (χ3n) is 3.78. The van der Waals surface area contributed by atoms with E-state index in [0.717, 1.165) is 0 Å². The first kappa shape index (κ1) is 18.6. The second-order valence-corrected chi connectivity index (χ2v) is 5.50. The number of anilines is 1. The van der Waals surface area contributed by atoms with Gasteiger partial charge in [-0.25, -0.2) is 0 Å². The molecule has 6 N–H and O–H groups in total. The number of aliphatic hydroxyl groups is 4. The predicted octanol–water partition coefficient (Wildman–Crippen LogP) is -1.44. The van der Waals surface area contributed by atoms with Crippen LogP contribution in [0.15, 0.2) is 29.1 Å². The lowest BCUT2D eigenvalue weighted by molar-refractivity contribution is -0.117. The Morgan fingerprint density at radius 2 is 1.96 bits per heavy atom. The van der Waals surface area contributed by atoms with Crippen molar-refractivity contribution in [1.29, 1.82) is 0 Å². The van der Waals surface area contributed by atoms with Gasteiger partial charge in [-0.15, -0.1) is 6.42 Å². The molecule has 0 unspecified atom stereocenters. The number of terminal acetylenes is 1. The van der Waals surface area contributed by atoms with Gasteiger partial charge >= 0.3 is 0 Å². The highest BCUT2D eigenvalue weighted by Gasteiger charge is 2.31. The van der Waals surface area contributed by atoms with Gasteiger partial charge in [0.05, 0.1) is 17.7 Å². The van der Waals surface area contributed by atoms with Crippen LogP contribution in [0.4, 0.5) is 5.69 Å². The summed E-state index contributed by atoms with van der Waals surface area (Å²) in [5.41, 5.74) is 0.610. The van der Waals surface area contributed by atoms with E-state index in [1.54, 1.807) is 18.2 Å². The van der Waals surface area contributed by atoms with Crippen molar-refractivity contribution < 1.29 is 25.2 Å². The third-order valence-corrected chi connectivity index (χ3v) is 3.78. The van der Waals surface area contributed by atoms with Crippen LogP contribution in [0.25, 0.3) is 10.9 Å². The average Bonchev–Trinajstić information content (AvgIpc) is 2.63. The van der Waals surface area contributed by atoms with Gasteiger partial charge in [-0.05, 0) is 23.6 Å². The first-order valence-electron chi connectivity index (χ1n) is 7.41. The van der Waals surface area contributed by atoms with Crippen molar-refractivity contribution in [2.75, 3.05) is 11.9 Å². The number of hydrogen-bond donors (Lipinski definition) is 6. The van der Waals surface area contributed by atoms with Crippen molar-refractivity contribution in [3.63, 3.8) is 0 Å². The van der Waals surface area contributed by atoms with Crippen LogP contribution in [-0.4, -0.2) is 62.7 Å². The van der Waals surface area contributed by atoms with Crippen molar-refractivity contribution in [3.8, 4) is 12.3 Å². The van der Waals surface area contributed by atoms with Gasteiger partial charge in [0, 0.05) is 5.69 Å². The van der Waals surface area contributed by atoms with Gasteiger partial charge in [0.25, 0.3) is 5.56 Å². The zero-order valence-electron chi connectivity index (χ0n) is 13.1. The van der Waals surface area contributed by atoms with Crippen molar-refractivity contribution >= 4 is 22.9 Å². The summed E-state index contributed by atoms with van der Waals surface area (Å²) in [7, 11) is 0. The molecule has 2 rings (SSSR count). The molecule has 0 aliphatic heterocycles. The van der Waals surface area contributed by atoms with Crippen LogP contribution in [0.5, 0.6) is 0 Å². The summed E-state index contributed by atoms with van der Waals surface area (Å²) in [6.07, 6.45) is 0.650. The monoisotopic (exact) mass is 346 g/mol. The third kappa shape index (κ3) is 4.04. The number of benzene rings is 1. The maximum absolute atomic E-state index is 11.8. The number of aromatic amines is 1. The van der Waals surface area contributed by atoms with Crippen LogP contribution in [0.3, 0.4) is 0 Å². The molecule has 1 aromatic carbocycles. The molecule has 0 amide bonds. The standard InChI is InChI=1S/C17H18N2O6/c1-2-9-5-10-3-4-11(6-12(10)19-17(9)25)18-13(7-20)15(23)16(24)14(22)8-21/h1,3-7,13-16,18,21-24H,8H2,(H,19,25)/t13-,14+,15+,16+/m0/s1. The molecule has 0 bridgehead atoms. The van der Waals surface area contributed by atoms with Gasteiger partial charge in [-0.3, -0.25) is 4.79 Å². The Labute approximate surface area is 142 Å². The Morgan fingerprint density at radius 1 is 1.24 bits per heavy atom. The number of aromatic nitrogens is 1. The van der Waals surface area contributed by atoms with E-state index in [-0.39, 0.29) is 5.56 Å². The fourth-order valence-corrected chi connectivity index (χ4v) is 2.34. The van der Waals surface area contributed by atoms with Gasteiger partial charge in [0.15, 0.2) is 0 Å². The van der Waals surface area contributed by atoms with E-state index < -0.39 is 36.5 Å². The highest BCUT2D eigenvalue weighted by atomic mass is 16.4. The van der Waals surface area contributed by atoms with Gasteiger partial charge in [-0.2, -0.15) is 0 Å². The SMILES string of the molecule is C#Cc1cc2ccc(N[C@@H](C=O)[C@@H](O)[C@H](O)[C@H](O)CO)cc2[nH]c1=O. The molecule has 0 aliphatic rings. The molecule has 8 heteroatoms. The number of nitrogens with one attached hydrogen (secondary N) is 2. The van der Waals surface area contributed by atoms with E-state index in [1.807, 2.05) is 0 Å². The highest BCUT2D eigenvalue weighted by Crippen LogP contribution is 2.18. The first-order valence-corrected chi connectivity index (χ1v) is 7.41. The molecular weight excluding hydrogens is 328 g/mol. The van der Waals surface area contributed by atoms with Crippen molar-refractivity contribution in [1.82, 2.24) is 4.98 Å². The quantitative estimate of drug-likeness (QED) is 0.266. The number of fused-ring (bicyclic) bond motifs is 1. The molecule has 132 valence electrons. The minimum atomic E-state index is -1.72. The number of pyridine rings is 1. The fourth-order valence-electron chi connectivity index (χ4n) is 2.34. The molecule has 1 aromatic heterocycles. The summed E-state index contributed by atoms with van der Waals surface area (Å²) in [6, 6.07) is 5.09. The average molecular weight is 346 g/mol. The Bertz CT molecular complexity index is 856. The van der Waals surface area contributed by atoms with Gasteiger partial charge in [0.2, 0.25) is 0 Å². The number of H-pyrrole nitrogens is 1. The lowest BCUT2D eigenvalue weighted by atomic mass is 10.0. The molecular formula is C17H18N2O6. The second-order valence-electron chi connectivity index (χ2n) is 5.50. The van der Waals surface area contributed by atoms with Crippen LogP contribution in [0, 0.1) is 12.3 Å². The molecule has 0 aliphatic carbocycles. The van der Waals surface area contributed by atoms with Crippen LogP contribution in [0.1, 0.15) is 5.56 Å². The number of aldehydes is 1. The predicted molar refractivity (Wildman–Crippen MR) is 91.1 cm³/mol. The van der Waals surface area contributed by atoms with E-state index in [9.17, 15) is 24.9 Å². The summed E-state index contributed by atoms with van der Waals surface area (Å²) in [5.74, 6) is 2.28. The maximum Gasteiger partial charge on any atom is 0.264 e. The smallest absolute Gasteiger partial charge is 0.264 e. The van der Waals surface area contributed by atoms with E-state index in [4.69, 9.17) is 11.5 Å². The molecule has 4 atom stereocenters. The number of carbonyl (C=O) groups excluding carboxylic acids is 1. The molecule has 25 heavy (non-hydrogen) atoms. The molecule has 0 radical (unpaired) electrons. The Kier molecular flexibility index (Phi) is 5.90. The lowest BCUT2D eigenvalue weighted by Gasteiger charge is -2.26. The Morgan fingerprint density at radius 3 is 2.56 bits per heavy atom. The van der Waals surface area contributed by atoms with Gasteiger partial charge in [0.1, 0.15) is 30.6 Å². The number of carbonyl (C=O) groups is 1. The summed E-state index contributed by atoms with van der Waals surface area (Å²) in [5, 5.41) is 41.2. The minimum Gasteiger partial charge on any atom is -0.394 e. The molecule has 0 saturated heterocycles. The van der Waals surface area contributed by atoms with Crippen molar-refractivity contribution in [3.05, 3.63) is 40.2 Å². The van der Waals surface area contributed by atoms with E-state index in [2.05, 4.69) is 16.2 Å². The Hall–Kier alpha value is -2.70. The number of aliphatic hydroxyl groups excluding tert-OH is 4. The second kappa shape index (κ2) is 7.92. The zero-order valence-corrected chi connectivity index (χ0v) is 13.1. The largest absolute Gasteiger partial charge is 0.394 e. The van der Waals surface area contributed by atoms with Gasteiger partial charge in [-0.1, -0.05) is 12.0 Å². The maximum atomic E-state index is 11.8. The van der Waals surface area contributed by atoms with Crippen LogP contribution < -0.4 is 10.9 Å². The molecule has 2 aromatic rings. The van der Waals surface area contributed by atoms with Crippen LogP contribution in [-0.2, 0) is 4.79 Å². The summed E-state index contributed by atoms with van der Waals surface area (Å²) < 4.78 is 0. The molecule has 0 saturated carbocycles. The van der Waals surface area contributed by atoms with Crippen LogP contribution >= 0.6 is 0 Å². The molecule has 0 fully saturated rings. The summed E-state index contributed by atoms with van der Waals surface area (Å²) in [6.45, 7) is -0.765. The highest BCUT2D eigenvalue weighted by molar-refractivity contribution is 5.83. The normalized spacial score (nSPS) is 15.8. The minimum absolute atomic E-state index is 0.190. The van der Waals surface area contributed by atoms with E-state index >= 15 is 0 Å². The molecule has 8 nitrogen and oxygen atoms in total. The van der Waals surface area contributed by atoms with Crippen molar-refractivity contribution in [2.24, 2.45) is 0 Å². The first-order chi connectivity index (χ1) is 11.9. The molecule has 1 heterocycles. The summed E-state index contributed by atoms with van der Waals surface area (Å²) >= 11 is 0. The zero-order chi connectivity index (χ0) is 18.6. The van der Waals surface area contributed by atoms with Gasteiger partial charge < -0.3 is 35.5 Å². The lowest BCUT2D eigenvalue weighted by Crippen LogP contribution is -2.49. The van der Waals surface area contributed by atoms with E-state index in [0.29, 0.717) is 22.9 Å².